The standard InChI is InChI=1S/C21H30N2O3/c1-26-19-8-4-6-17(14-19)10-11-18-7-5-13-22(15-18)21(25)16-23-12-3-2-9-20(23)24/h4,6,8,14,18H,2-3,5,7,9-13,15-16H2,1H3. The van der Waals surface area contributed by atoms with Gasteiger partial charge in [0.15, 0.2) is 0 Å². The van der Waals surface area contributed by atoms with E-state index in [0.717, 1.165) is 57.5 Å². The van der Waals surface area contributed by atoms with Crippen LogP contribution in [0.3, 0.4) is 0 Å². The Kier molecular flexibility index (Phi) is 6.53. The van der Waals surface area contributed by atoms with Gasteiger partial charge in [0.2, 0.25) is 11.8 Å². The average Bonchev–Trinajstić information content (AvgIpc) is 2.68. The molecule has 0 spiro atoms. The third-order valence-corrected chi connectivity index (χ3v) is 5.59. The van der Waals surface area contributed by atoms with Crippen molar-refractivity contribution in [1.29, 1.82) is 0 Å². The molecule has 0 aromatic heterocycles. The molecule has 2 aliphatic rings. The van der Waals surface area contributed by atoms with E-state index in [2.05, 4.69) is 12.1 Å². The van der Waals surface area contributed by atoms with E-state index in [1.165, 1.54) is 12.0 Å². The molecule has 1 atom stereocenters. The highest BCUT2D eigenvalue weighted by Gasteiger charge is 2.27. The Balaban J connectivity index is 1.48. The molecule has 0 radical (unpaired) electrons. The Bertz CT molecular complexity index is 631. The van der Waals surface area contributed by atoms with Crippen LogP contribution in [0.2, 0.25) is 0 Å². The van der Waals surface area contributed by atoms with Crippen LogP contribution in [-0.2, 0) is 16.0 Å². The van der Waals surface area contributed by atoms with E-state index in [-0.39, 0.29) is 18.4 Å². The highest BCUT2D eigenvalue weighted by molar-refractivity contribution is 5.85. The molecule has 0 aliphatic carbocycles. The van der Waals surface area contributed by atoms with E-state index < -0.39 is 0 Å². The number of likely N-dealkylation sites (tertiary alicyclic amines) is 2. The molecule has 1 aromatic rings. The number of carbonyl (C=O) groups is 2. The van der Waals surface area contributed by atoms with Gasteiger partial charge < -0.3 is 14.5 Å². The van der Waals surface area contributed by atoms with Crippen LogP contribution in [0.25, 0.3) is 0 Å². The van der Waals surface area contributed by atoms with E-state index in [1.807, 2.05) is 17.0 Å². The van der Waals surface area contributed by atoms with Crippen molar-refractivity contribution in [2.75, 3.05) is 33.3 Å². The van der Waals surface area contributed by atoms with Crippen molar-refractivity contribution in [3.63, 3.8) is 0 Å². The van der Waals surface area contributed by atoms with Crippen molar-refractivity contribution in [2.45, 2.75) is 44.9 Å². The molecule has 2 saturated heterocycles. The number of hydrogen-bond acceptors (Lipinski definition) is 3. The molecule has 142 valence electrons. The molecule has 0 bridgehead atoms. The summed E-state index contributed by atoms with van der Waals surface area (Å²) < 4.78 is 5.29. The third kappa shape index (κ3) is 4.99. The predicted octanol–water partition coefficient (Wildman–Crippen LogP) is 2.88. The SMILES string of the molecule is COc1cccc(CCC2CCCN(C(=O)CN3CCCCC3=O)C2)c1. The number of benzene rings is 1. The summed E-state index contributed by atoms with van der Waals surface area (Å²) >= 11 is 0. The van der Waals surface area contributed by atoms with E-state index in [9.17, 15) is 9.59 Å². The minimum atomic E-state index is 0.117. The Hall–Kier alpha value is -2.04. The molecule has 2 heterocycles. The topological polar surface area (TPSA) is 49.9 Å². The maximum Gasteiger partial charge on any atom is 0.242 e. The van der Waals surface area contributed by atoms with E-state index >= 15 is 0 Å². The molecule has 5 heteroatoms. The summed E-state index contributed by atoms with van der Waals surface area (Å²) in [5.41, 5.74) is 1.28. The maximum atomic E-state index is 12.6. The Morgan fingerprint density at radius 2 is 2.12 bits per heavy atom. The number of rotatable bonds is 6. The van der Waals surface area contributed by atoms with Gasteiger partial charge in [0, 0.05) is 26.1 Å². The first kappa shape index (κ1) is 18.7. The lowest BCUT2D eigenvalue weighted by Gasteiger charge is -2.35. The Morgan fingerprint density at radius 1 is 1.23 bits per heavy atom. The van der Waals surface area contributed by atoms with Gasteiger partial charge in [-0.25, -0.2) is 0 Å². The summed E-state index contributed by atoms with van der Waals surface area (Å²) in [7, 11) is 1.69. The zero-order chi connectivity index (χ0) is 18.4. The number of amides is 2. The van der Waals surface area contributed by atoms with Crippen molar-refractivity contribution in [2.24, 2.45) is 5.92 Å². The molecule has 2 amide bonds. The number of hydrogen-bond donors (Lipinski definition) is 0. The molecular formula is C21H30N2O3. The van der Waals surface area contributed by atoms with Gasteiger partial charge in [-0.05, 0) is 62.1 Å². The second kappa shape index (κ2) is 9.06. The summed E-state index contributed by atoms with van der Waals surface area (Å²) in [6, 6.07) is 8.22. The van der Waals surface area contributed by atoms with Crippen LogP contribution in [0.4, 0.5) is 0 Å². The van der Waals surface area contributed by atoms with Crippen LogP contribution in [0, 0.1) is 5.92 Å². The maximum absolute atomic E-state index is 12.6. The molecule has 0 N–H and O–H groups in total. The highest BCUT2D eigenvalue weighted by Crippen LogP contribution is 2.23. The summed E-state index contributed by atoms with van der Waals surface area (Å²) in [5, 5.41) is 0. The summed E-state index contributed by atoms with van der Waals surface area (Å²) in [6.45, 7) is 2.65. The number of carbonyl (C=O) groups excluding carboxylic acids is 2. The summed E-state index contributed by atoms with van der Waals surface area (Å²) in [5.74, 6) is 1.69. The molecule has 5 nitrogen and oxygen atoms in total. The first-order chi connectivity index (χ1) is 12.7. The molecule has 2 fully saturated rings. The normalized spacial score (nSPS) is 21.0. The van der Waals surface area contributed by atoms with Gasteiger partial charge in [0.1, 0.15) is 5.75 Å². The van der Waals surface area contributed by atoms with Crippen LogP contribution < -0.4 is 4.74 Å². The molecule has 26 heavy (non-hydrogen) atoms. The van der Waals surface area contributed by atoms with Gasteiger partial charge in [-0.3, -0.25) is 9.59 Å². The first-order valence-electron chi connectivity index (χ1n) is 9.84. The first-order valence-corrected chi connectivity index (χ1v) is 9.84. The van der Waals surface area contributed by atoms with E-state index in [4.69, 9.17) is 4.74 Å². The fourth-order valence-corrected chi connectivity index (χ4v) is 4.02. The molecular weight excluding hydrogens is 328 g/mol. The molecule has 1 unspecified atom stereocenters. The zero-order valence-corrected chi connectivity index (χ0v) is 15.8. The minimum Gasteiger partial charge on any atom is -0.497 e. The molecule has 2 aliphatic heterocycles. The van der Waals surface area contributed by atoms with E-state index in [0.29, 0.717) is 12.3 Å². The van der Waals surface area contributed by atoms with Crippen molar-refractivity contribution in [3.05, 3.63) is 29.8 Å². The van der Waals surface area contributed by atoms with Gasteiger partial charge in [-0.15, -0.1) is 0 Å². The van der Waals surface area contributed by atoms with Gasteiger partial charge in [0.25, 0.3) is 0 Å². The second-order valence-electron chi connectivity index (χ2n) is 7.51. The Labute approximate surface area is 156 Å². The fraction of sp³-hybridized carbons (Fsp3) is 0.619. The smallest absolute Gasteiger partial charge is 0.242 e. The molecule has 3 rings (SSSR count). The third-order valence-electron chi connectivity index (χ3n) is 5.59. The zero-order valence-electron chi connectivity index (χ0n) is 15.8. The number of ether oxygens (including phenoxy) is 1. The van der Waals surface area contributed by atoms with Gasteiger partial charge in [-0.2, -0.15) is 0 Å². The number of methoxy groups -OCH3 is 1. The highest BCUT2D eigenvalue weighted by atomic mass is 16.5. The lowest BCUT2D eigenvalue weighted by atomic mass is 9.91. The van der Waals surface area contributed by atoms with Crippen LogP contribution >= 0.6 is 0 Å². The van der Waals surface area contributed by atoms with E-state index in [1.54, 1.807) is 12.0 Å². The number of nitrogens with zero attached hydrogens (tertiary/aromatic N) is 2. The van der Waals surface area contributed by atoms with Crippen molar-refractivity contribution < 1.29 is 14.3 Å². The molecule has 0 saturated carbocycles. The van der Waals surface area contributed by atoms with Crippen molar-refractivity contribution in [1.82, 2.24) is 9.80 Å². The predicted molar refractivity (Wildman–Crippen MR) is 101 cm³/mol. The second-order valence-corrected chi connectivity index (χ2v) is 7.51. The van der Waals surface area contributed by atoms with Crippen LogP contribution in [0.5, 0.6) is 5.75 Å². The van der Waals surface area contributed by atoms with Crippen LogP contribution in [0.1, 0.15) is 44.1 Å². The fourth-order valence-electron chi connectivity index (χ4n) is 4.02. The number of aryl methyl sites for hydroxylation is 1. The average molecular weight is 358 g/mol. The van der Waals surface area contributed by atoms with Gasteiger partial charge in [-0.1, -0.05) is 12.1 Å². The van der Waals surface area contributed by atoms with Crippen molar-refractivity contribution >= 4 is 11.8 Å². The lowest BCUT2D eigenvalue weighted by molar-refractivity contribution is -0.142. The Morgan fingerprint density at radius 3 is 2.92 bits per heavy atom. The lowest BCUT2D eigenvalue weighted by Crippen LogP contribution is -2.47. The van der Waals surface area contributed by atoms with Crippen LogP contribution in [-0.4, -0.2) is 54.9 Å². The quantitative estimate of drug-likeness (QED) is 0.786. The van der Waals surface area contributed by atoms with Crippen molar-refractivity contribution in [3.8, 4) is 5.75 Å². The minimum absolute atomic E-state index is 0.117. The largest absolute Gasteiger partial charge is 0.497 e. The number of piperidine rings is 2. The van der Waals surface area contributed by atoms with Gasteiger partial charge >= 0.3 is 0 Å². The van der Waals surface area contributed by atoms with Crippen LogP contribution in [0.15, 0.2) is 24.3 Å². The molecule has 1 aromatic carbocycles. The van der Waals surface area contributed by atoms with Gasteiger partial charge in [0.05, 0.1) is 13.7 Å². The summed E-state index contributed by atoms with van der Waals surface area (Å²) in [4.78, 5) is 28.3. The monoisotopic (exact) mass is 358 g/mol. The summed E-state index contributed by atoms with van der Waals surface area (Å²) in [6.07, 6.45) is 6.89.